The van der Waals surface area contributed by atoms with Gasteiger partial charge in [0.05, 0.1) is 0 Å². The van der Waals surface area contributed by atoms with Crippen LogP contribution >= 0.6 is 0 Å². The Kier molecular flexibility index (Phi) is 4.27. The van der Waals surface area contributed by atoms with E-state index in [9.17, 15) is 8.78 Å². The molecule has 3 nitrogen and oxygen atoms in total. The van der Waals surface area contributed by atoms with E-state index >= 15 is 0 Å². The van der Waals surface area contributed by atoms with Gasteiger partial charge in [0.2, 0.25) is 0 Å². The Balaban J connectivity index is 2.30. The number of nitrogens with one attached hydrogen (secondary N) is 1. The van der Waals surface area contributed by atoms with Crippen LogP contribution in [-0.4, -0.2) is 16.6 Å². The Hall–Kier alpha value is -1.75. The van der Waals surface area contributed by atoms with Crippen molar-refractivity contribution >= 4 is 0 Å². The van der Waals surface area contributed by atoms with Gasteiger partial charge >= 0.3 is 0 Å². The van der Waals surface area contributed by atoms with Crippen LogP contribution in [0.1, 0.15) is 24.4 Å². The van der Waals surface area contributed by atoms with Gasteiger partial charge in [-0.05, 0) is 26.1 Å². The molecule has 0 bridgehead atoms. The van der Waals surface area contributed by atoms with Crippen LogP contribution in [0.2, 0.25) is 0 Å². The van der Waals surface area contributed by atoms with E-state index in [0.29, 0.717) is 6.42 Å². The number of imidazole rings is 1. The van der Waals surface area contributed by atoms with Gasteiger partial charge in [0.1, 0.15) is 17.5 Å². The minimum atomic E-state index is -0.533. The highest BCUT2D eigenvalue weighted by Crippen LogP contribution is 2.23. The zero-order valence-electron chi connectivity index (χ0n) is 11.0. The molecule has 1 aromatic heterocycles. The molecule has 1 heterocycles. The summed E-state index contributed by atoms with van der Waals surface area (Å²) in [5.41, 5.74) is 0.0654. The molecular weight excluding hydrogens is 248 g/mol. The van der Waals surface area contributed by atoms with Gasteiger partial charge in [0.25, 0.3) is 0 Å². The number of aryl methyl sites for hydroxylation is 1. The lowest BCUT2D eigenvalue weighted by atomic mass is 10.0. The largest absolute Gasteiger partial charge is 0.335 e. The van der Waals surface area contributed by atoms with Gasteiger partial charge < -0.3 is 9.88 Å². The normalized spacial score (nSPS) is 12.6. The predicted molar refractivity (Wildman–Crippen MR) is 69.8 cm³/mol. The first-order valence-corrected chi connectivity index (χ1v) is 6.28. The second kappa shape index (κ2) is 5.93. The molecule has 0 fully saturated rings. The third-order valence-electron chi connectivity index (χ3n) is 3.23. The molecule has 1 unspecified atom stereocenters. The summed E-state index contributed by atoms with van der Waals surface area (Å²) in [6.45, 7) is 2.79. The Morgan fingerprint density at radius 3 is 2.58 bits per heavy atom. The number of likely N-dealkylation sites (N-methyl/N-ethyl adjacent to an activating group) is 1. The number of nitrogens with zero attached hydrogens (tertiary/aromatic N) is 2. The fourth-order valence-electron chi connectivity index (χ4n) is 2.19. The summed E-state index contributed by atoms with van der Waals surface area (Å²) in [5, 5.41) is 2.96. The van der Waals surface area contributed by atoms with Gasteiger partial charge in [-0.2, -0.15) is 0 Å². The fourth-order valence-corrected chi connectivity index (χ4v) is 2.19. The first kappa shape index (κ1) is 13.7. The zero-order valence-corrected chi connectivity index (χ0v) is 11.0. The fraction of sp³-hybridized carbons (Fsp3) is 0.357. The van der Waals surface area contributed by atoms with Gasteiger partial charge in [-0.25, -0.2) is 13.8 Å². The molecule has 0 saturated carbocycles. The number of hydrogen-bond donors (Lipinski definition) is 1. The SMILES string of the molecule is CCn1ccnc1CC(NC)c1c(F)cccc1F. The van der Waals surface area contributed by atoms with Crippen molar-refractivity contribution in [3.05, 3.63) is 53.6 Å². The van der Waals surface area contributed by atoms with Crippen LogP contribution in [0.15, 0.2) is 30.6 Å². The third kappa shape index (κ3) is 2.81. The molecule has 0 saturated heterocycles. The summed E-state index contributed by atoms with van der Waals surface area (Å²) in [4.78, 5) is 4.24. The molecule has 0 aliphatic rings. The van der Waals surface area contributed by atoms with Crippen LogP contribution in [0, 0.1) is 11.6 Å². The molecule has 19 heavy (non-hydrogen) atoms. The van der Waals surface area contributed by atoms with Crippen LogP contribution in [0.3, 0.4) is 0 Å². The highest BCUT2D eigenvalue weighted by Gasteiger charge is 2.20. The van der Waals surface area contributed by atoms with E-state index in [0.717, 1.165) is 12.4 Å². The van der Waals surface area contributed by atoms with Crippen molar-refractivity contribution in [1.82, 2.24) is 14.9 Å². The standard InChI is InChI=1S/C14H17F2N3/c1-3-19-8-7-18-13(19)9-12(17-2)14-10(15)5-4-6-11(14)16/h4-8,12,17H,3,9H2,1-2H3. The second-order valence-corrected chi connectivity index (χ2v) is 4.31. The lowest BCUT2D eigenvalue weighted by Crippen LogP contribution is -2.23. The molecule has 2 rings (SSSR count). The van der Waals surface area contributed by atoms with E-state index in [1.807, 2.05) is 17.7 Å². The predicted octanol–water partition coefficient (Wildman–Crippen LogP) is 2.68. The maximum Gasteiger partial charge on any atom is 0.130 e. The molecule has 5 heteroatoms. The highest BCUT2D eigenvalue weighted by molar-refractivity contribution is 5.24. The van der Waals surface area contributed by atoms with Crippen LogP contribution in [-0.2, 0) is 13.0 Å². The Morgan fingerprint density at radius 1 is 1.32 bits per heavy atom. The van der Waals surface area contributed by atoms with Crippen molar-refractivity contribution < 1.29 is 8.78 Å². The van der Waals surface area contributed by atoms with Gasteiger partial charge in [0.15, 0.2) is 0 Å². The van der Waals surface area contributed by atoms with Crippen LogP contribution in [0.25, 0.3) is 0 Å². The summed E-state index contributed by atoms with van der Waals surface area (Å²) in [6, 6.07) is 3.48. The summed E-state index contributed by atoms with van der Waals surface area (Å²) in [7, 11) is 1.69. The van der Waals surface area contributed by atoms with Crippen LogP contribution in [0.5, 0.6) is 0 Å². The van der Waals surface area contributed by atoms with Crippen LogP contribution in [0.4, 0.5) is 8.78 Å². The number of halogens is 2. The smallest absolute Gasteiger partial charge is 0.130 e. The van der Waals surface area contributed by atoms with E-state index in [1.54, 1.807) is 13.2 Å². The van der Waals surface area contributed by atoms with E-state index in [4.69, 9.17) is 0 Å². The molecule has 0 amide bonds. The summed E-state index contributed by atoms with van der Waals surface area (Å²) >= 11 is 0. The molecule has 2 aromatic rings. The van der Waals surface area contributed by atoms with Gasteiger partial charge in [-0.15, -0.1) is 0 Å². The molecule has 0 radical (unpaired) electrons. The van der Waals surface area contributed by atoms with Gasteiger partial charge in [-0.3, -0.25) is 0 Å². The number of benzene rings is 1. The lowest BCUT2D eigenvalue weighted by Gasteiger charge is -2.18. The van der Waals surface area contributed by atoms with Crippen molar-refractivity contribution in [2.24, 2.45) is 0 Å². The number of aromatic nitrogens is 2. The Morgan fingerprint density at radius 2 is 2.00 bits per heavy atom. The molecule has 1 atom stereocenters. The van der Waals surface area contributed by atoms with Crippen LogP contribution < -0.4 is 5.32 Å². The summed E-state index contributed by atoms with van der Waals surface area (Å²) < 4.78 is 29.5. The van der Waals surface area contributed by atoms with Crippen molar-refractivity contribution in [3.8, 4) is 0 Å². The molecule has 102 valence electrons. The lowest BCUT2D eigenvalue weighted by molar-refractivity contribution is 0.477. The maximum atomic E-state index is 13.8. The number of hydrogen-bond acceptors (Lipinski definition) is 2. The van der Waals surface area contributed by atoms with Crippen molar-refractivity contribution in [1.29, 1.82) is 0 Å². The molecular formula is C14H17F2N3. The van der Waals surface area contributed by atoms with Gasteiger partial charge in [0, 0.05) is 37.0 Å². The minimum absolute atomic E-state index is 0.0654. The monoisotopic (exact) mass is 265 g/mol. The first-order chi connectivity index (χ1) is 9.17. The minimum Gasteiger partial charge on any atom is -0.335 e. The Labute approximate surface area is 111 Å². The van der Waals surface area contributed by atoms with Gasteiger partial charge in [-0.1, -0.05) is 6.07 Å². The molecule has 0 spiro atoms. The van der Waals surface area contributed by atoms with Crippen molar-refractivity contribution in [3.63, 3.8) is 0 Å². The van der Waals surface area contributed by atoms with Crippen molar-refractivity contribution in [2.75, 3.05) is 7.05 Å². The zero-order chi connectivity index (χ0) is 13.8. The molecule has 0 aliphatic heterocycles. The average molecular weight is 265 g/mol. The Bertz CT molecular complexity index is 531. The average Bonchev–Trinajstić information content (AvgIpc) is 2.84. The summed E-state index contributed by atoms with van der Waals surface area (Å²) in [5.74, 6) is -0.257. The molecule has 1 N–H and O–H groups in total. The maximum absolute atomic E-state index is 13.8. The summed E-state index contributed by atoms with van der Waals surface area (Å²) in [6.07, 6.45) is 4.00. The number of rotatable bonds is 5. The molecule has 0 aliphatic carbocycles. The highest BCUT2D eigenvalue weighted by atomic mass is 19.1. The van der Waals surface area contributed by atoms with E-state index in [-0.39, 0.29) is 5.56 Å². The van der Waals surface area contributed by atoms with Crippen molar-refractivity contribution in [2.45, 2.75) is 25.9 Å². The first-order valence-electron chi connectivity index (χ1n) is 6.28. The third-order valence-corrected chi connectivity index (χ3v) is 3.23. The quantitative estimate of drug-likeness (QED) is 0.900. The second-order valence-electron chi connectivity index (χ2n) is 4.31. The van der Waals surface area contributed by atoms with E-state index in [1.165, 1.54) is 18.2 Å². The van der Waals surface area contributed by atoms with E-state index < -0.39 is 17.7 Å². The molecule has 1 aromatic carbocycles. The topological polar surface area (TPSA) is 29.9 Å². The van der Waals surface area contributed by atoms with E-state index in [2.05, 4.69) is 10.3 Å².